The number of carbonyl (C=O) groups is 3. The molecule has 7 atom stereocenters. The van der Waals surface area contributed by atoms with Gasteiger partial charge in [-0.05, 0) is 99.2 Å². The van der Waals surface area contributed by atoms with E-state index in [2.05, 4.69) is 24.5 Å². The van der Waals surface area contributed by atoms with E-state index in [4.69, 9.17) is 0 Å². The Morgan fingerprint density at radius 3 is 2.21 bits per heavy atom. The first-order valence-electron chi connectivity index (χ1n) is 16.2. The first kappa shape index (κ1) is 26.6. The predicted molar refractivity (Wildman–Crippen MR) is 148 cm³/mol. The van der Waals surface area contributed by atoms with Crippen LogP contribution in [0.4, 0.5) is 4.79 Å². The van der Waals surface area contributed by atoms with Crippen LogP contribution >= 0.6 is 0 Å². The van der Waals surface area contributed by atoms with Crippen molar-refractivity contribution < 1.29 is 14.4 Å². The van der Waals surface area contributed by atoms with Crippen LogP contribution in [-0.2, 0) is 9.59 Å². The van der Waals surface area contributed by atoms with Crippen molar-refractivity contribution in [2.24, 2.45) is 34.5 Å². The van der Waals surface area contributed by atoms with Crippen LogP contribution in [-0.4, -0.2) is 40.9 Å². The van der Waals surface area contributed by atoms with E-state index in [9.17, 15) is 14.4 Å². The van der Waals surface area contributed by atoms with Gasteiger partial charge in [-0.25, -0.2) is 4.79 Å². The first-order valence-corrected chi connectivity index (χ1v) is 16.2. The van der Waals surface area contributed by atoms with Gasteiger partial charge >= 0.3 is 6.03 Å². The monoisotopic (exact) mass is 525 g/mol. The number of imide groups is 1. The van der Waals surface area contributed by atoms with Gasteiger partial charge in [0.15, 0.2) is 0 Å². The van der Waals surface area contributed by atoms with Crippen LogP contribution in [0.2, 0.25) is 0 Å². The minimum atomic E-state index is -0.0968. The number of nitrogens with zero attached hydrogens (tertiary/aromatic N) is 1. The van der Waals surface area contributed by atoms with Gasteiger partial charge in [-0.1, -0.05) is 52.4 Å². The van der Waals surface area contributed by atoms with Crippen molar-refractivity contribution >= 4 is 17.8 Å². The van der Waals surface area contributed by atoms with Gasteiger partial charge in [0.2, 0.25) is 11.8 Å². The molecule has 6 aliphatic rings. The second-order valence-corrected chi connectivity index (χ2v) is 14.5. The highest BCUT2D eigenvalue weighted by Gasteiger charge is 2.62. The molecule has 0 spiro atoms. The molecular formula is C32H51N3O3. The summed E-state index contributed by atoms with van der Waals surface area (Å²) in [6.45, 7) is 4.84. The predicted octanol–water partition coefficient (Wildman–Crippen LogP) is 6.33. The molecule has 2 unspecified atom stereocenters. The van der Waals surface area contributed by atoms with Gasteiger partial charge in [-0.15, -0.1) is 0 Å². The van der Waals surface area contributed by atoms with Crippen LogP contribution in [0.1, 0.15) is 129 Å². The number of piperidine rings is 1. The maximum atomic E-state index is 14.5. The smallest absolute Gasteiger partial charge is 0.324 e. The summed E-state index contributed by atoms with van der Waals surface area (Å²) in [4.78, 5) is 42.2. The summed E-state index contributed by atoms with van der Waals surface area (Å²) in [5.41, 5.74) is 0.172. The molecule has 6 rings (SSSR count). The third kappa shape index (κ3) is 4.50. The van der Waals surface area contributed by atoms with Crippen LogP contribution in [0.5, 0.6) is 0 Å². The average molecular weight is 526 g/mol. The maximum Gasteiger partial charge on any atom is 0.324 e. The second kappa shape index (κ2) is 10.4. The molecule has 38 heavy (non-hydrogen) atoms. The highest BCUT2D eigenvalue weighted by Crippen LogP contribution is 2.65. The van der Waals surface area contributed by atoms with Crippen LogP contribution in [0.15, 0.2) is 0 Å². The largest absolute Gasteiger partial charge is 0.353 e. The Balaban J connectivity index is 1.21. The number of fused-ring (bicyclic) bond motifs is 5. The lowest BCUT2D eigenvalue weighted by molar-refractivity contribution is -0.147. The SMILES string of the molecule is C[C@]12CCC(=O)NC1CC[C@@H]1[C@H]2CC[C@]2(C)C(C(=O)N(C(=O)NC3CCCCC3)C3CCCCC3)CC[C@@H]12. The fourth-order valence-corrected chi connectivity index (χ4v) is 10.6. The Morgan fingerprint density at radius 1 is 0.789 bits per heavy atom. The summed E-state index contributed by atoms with van der Waals surface area (Å²) in [6.07, 6.45) is 19.3. The summed E-state index contributed by atoms with van der Waals surface area (Å²) in [5.74, 6) is 2.16. The highest BCUT2D eigenvalue weighted by atomic mass is 16.2. The van der Waals surface area contributed by atoms with Gasteiger partial charge in [-0.3, -0.25) is 14.5 Å². The Hall–Kier alpha value is -1.59. The summed E-state index contributed by atoms with van der Waals surface area (Å²) in [6, 6.07) is 0.516. The fourth-order valence-electron chi connectivity index (χ4n) is 10.6. The molecule has 0 bridgehead atoms. The molecule has 6 nitrogen and oxygen atoms in total. The molecule has 0 aromatic heterocycles. The molecule has 6 heteroatoms. The molecule has 1 aliphatic heterocycles. The minimum absolute atomic E-state index is 0.0165. The van der Waals surface area contributed by atoms with Gasteiger partial charge in [0.25, 0.3) is 0 Å². The standard InChI is InChI=1S/C32H51N3O3/c1-31-19-17-25-23(13-16-27-32(25,2)20-18-28(36)34-27)24(31)14-15-26(31)29(37)35(22-11-7-4-8-12-22)30(38)33-21-9-5-3-6-10-21/h21-27H,3-20H2,1-2H3,(H,33,38)(H,34,36)/t23-,24-,25+,26?,27?,31-,32+/m0/s1. The van der Waals surface area contributed by atoms with Gasteiger partial charge in [0.1, 0.15) is 0 Å². The average Bonchev–Trinajstić information content (AvgIpc) is 3.27. The molecule has 5 saturated carbocycles. The number of hydrogen-bond donors (Lipinski definition) is 2. The van der Waals surface area contributed by atoms with Crippen molar-refractivity contribution in [3.8, 4) is 0 Å². The number of amides is 4. The molecule has 1 heterocycles. The maximum absolute atomic E-state index is 14.5. The molecule has 4 amide bonds. The van der Waals surface area contributed by atoms with Crippen LogP contribution in [0.25, 0.3) is 0 Å². The zero-order valence-electron chi connectivity index (χ0n) is 23.9. The van der Waals surface area contributed by atoms with Gasteiger partial charge in [0.05, 0.1) is 0 Å². The van der Waals surface area contributed by atoms with E-state index in [0.29, 0.717) is 30.2 Å². The van der Waals surface area contributed by atoms with Crippen molar-refractivity contribution in [3.63, 3.8) is 0 Å². The molecule has 212 valence electrons. The summed E-state index contributed by atoms with van der Waals surface area (Å²) in [7, 11) is 0. The molecule has 1 saturated heterocycles. The molecule has 2 N–H and O–H groups in total. The third-order valence-electron chi connectivity index (χ3n) is 12.7. The van der Waals surface area contributed by atoms with E-state index in [0.717, 1.165) is 77.0 Å². The zero-order chi connectivity index (χ0) is 26.5. The Morgan fingerprint density at radius 2 is 1.47 bits per heavy atom. The van der Waals surface area contributed by atoms with Crippen LogP contribution in [0.3, 0.4) is 0 Å². The fraction of sp³-hybridized carbons (Fsp3) is 0.906. The molecule has 5 aliphatic carbocycles. The molecule has 6 fully saturated rings. The summed E-state index contributed by atoms with van der Waals surface area (Å²) < 4.78 is 0. The van der Waals surface area contributed by atoms with Crippen molar-refractivity contribution in [1.29, 1.82) is 0 Å². The van der Waals surface area contributed by atoms with Crippen molar-refractivity contribution in [2.75, 3.05) is 0 Å². The van der Waals surface area contributed by atoms with Crippen LogP contribution in [0, 0.1) is 34.5 Å². The van der Waals surface area contributed by atoms with E-state index in [-0.39, 0.29) is 46.7 Å². The van der Waals surface area contributed by atoms with E-state index in [1.807, 2.05) is 0 Å². The van der Waals surface area contributed by atoms with Crippen LogP contribution < -0.4 is 10.6 Å². The van der Waals surface area contributed by atoms with Gasteiger partial charge in [0, 0.05) is 30.5 Å². The van der Waals surface area contributed by atoms with E-state index >= 15 is 0 Å². The Kier molecular flexibility index (Phi) is 7.31. The number of nitrogens with one attached hydrogen (secondary N) is 2. The first-order chi connectivity index (χ1) is 18.3. The number of urea groups is 1. The normalized spacial score (nSPS) is 41.8. The zero-order valence-corrected chi connectivity index (χ0v) is 23.9. The van der Waals surface area contributed by atoms with E-state index in [1.165, 1.54) is 32.1 Å². The molecule has 0 radical (unpaired) electrons. The third-order valence-corrected chi connectivity index (χ3v) is 12.7. The van der Waals surface area contributed by atoms with Crippen molar-refractivity contribution in [3.05, 3.63) is 0 Å². The number of carbonyl (C=O) groups excluding carboxylic acids is 3. The number of hydrogen-bond acceptors (Lipinski definition) is 3. The van der Waals surface area contributed by atoms with E-state index in [1.54, 1.807) is 4.90 Å². The quantitative estimate of drug-likeness (QED) is 0.452. The van der Waals surface area contributed by atoms with E-state index < -0.39 is 0 Å². The molecular weight excluding hydrogens is 474 g/mol. The second-order valence-electron chi connectivity index (χ2n) is 14.5. The highest BCUT2D eigenvalue weighted by molar-refractivity contribution is 5.96. The topological polar surface area (TPSA) is 78.5 Å². The minimum Gasteiger partial charge on any atom is -0.353 e. The van der Waals surface area contributed by atoms with Gasteiger partial charge in [-0.2, -0.15) is 0 Å². The lowest BCUT2D eigenvalue weighted by Crippen LogP contribution is -2.61. The Labute approximate surface area is 229 Å². The summed E-state index contributed by atoms with van der Waals surface area (Å²) >= 11 is 0. The molecule has 0 aromatic carbocycles. The lowest BCUT2D eigenvalue weighted by Gasteiger charge is -2.60. The molecule has 0 aromatic rings. The summed E-state index contributed by atoms with van der Waals surface area (Å²) in [5, 5.41) is 6.66. The lowest BCUT2D eigenvalue weighted by atomic mass is 9.47. The Bertz CT molecular complexity index is 925. The van der Waals surface area contributed by atoms with Crippen molar-refractivity contribution in [2.45, 2.75) is 148 Å². The van der Waals surface area contributed by atoms with Crippen molar-refractivity contribution in [1.82, 2.24) is 15.5 Å². The number of rotatable bonds is 3. The van der Waals surface area contributed by atoms with Gasteiger partial charge < -0.3 is 10.6 Å².